The van der Waals surface area contributed by atoms with Crippen molar-refractivity contribution >= 4 is 17.0 Å². The summed E-state index contributed by atoms with van der Waals surface area (Å²) in [6.07, 6.45) is 0. The van der Waals surface area contributed by atoms with E-state index in [9.17, 15) is 0 Å². The molecule has 0 spiro atoms. The molecule has 1 aliphatic heterocycles. The van der Waals surface area contributed by atoms with Gasteiger partial charge in [-0.2, -0.15) is 0 Å². The highest BCUT2D eigenvalue weighted by Gasteiger charge is 2.31. The van der Waals surface area contributed by atoms with E-state index in [0.29, 0.717) is 6.61 Å². The second-order valence-electron chi connectivity index (χ2n) is 7.08. The summed E-state index contributed by atoms with van der Waals surface area (Å²) in [6.45, 7) is 7.32. The van der Waals surface area contributed by atoms with Gasteiger partial charge in [-0.15, -0.1) is 0 Å². The van der Waals surface area contributed by atoms with E-state index in [1.54, 1.807) is 0 Å². The maximum absolute atomic E-state index is 6.36. The molecule has 142 valence electrons. The number of aryl methyl sites for hydroxylation is 2. The van der Waals surface area contributed by atoms with Gasteiger partial charge in [-0.05, 0) is 38.5 Å². The molecular weight excluding hydrogens is 352 g/mol. The summed E-state index contributed by atoms with van der Waals surface area (Å²) in [6, 6.07) is 14.6. The van der Waals surface area contributed by atoms with Crippen LogP contribution in [0.15, 0.2) is 47.0 Å². The predicted molar refractivity (Wildman–Crippen MR) is 109 cm³/mol. The molecule has 0 bridgehead atoms. The number of anilines is 1. The number of aromatic nitrogens is 3. The van der Waals surface area contributed by atoms with Crippen molar-refractivity contribution in [2.45, 2.75) is 26.8 Å². The van der Waals surface area contributed by atoms with Gasteiger partial charge in [0.1, 0.15) is 17.9 Å². The highest BCUT2D eigenvalue weighted by atomic mass is 16.5. The van der Waals surface area contributed by atoms with Crippen molar-refractivity contribution in [1.82, 2.24) is 14.7 Å². The molecule has 0 radical (unpaired) electrons. The number of benzene rings is 2. The fourth-order valence-electron chi connectivity index (χ4n) is 4.11. The van der Waals surface area contributed by atoms with Crippen molar-refractivity contribution < 1.29 is 9.26 Å². The number of nitrogens with one attached hydrogen (secondary N) is 1. The predicted octanol–water partition coefficient (Wildman–Crippen LogP) is 4.72. The summed E-state index contributed by atoms with van der Waals surface area (Å²) in [5, 5.41) is 7.54. The molecule has 4 aromatic rings. The van der Waals surface area contributed by atoms with Crippen molar-refractivity contribution in [3.8, 4) is 16.9 Å². The Morgan fingerprint density at radius 2 is 1.96 bits per heavy atom. The summed E-state index contributed by atoms with van der Waals surface area (Å²) >= 11 is 0. The Hall–Kier alpha value is -3.28. The third-order valence-corrected chi connectivity index (χ3v) is 5.32. The summed E-state index contributed by atoms with van der Waals surface area (Å²) in [5.41, 5.74) is 5.98. The largest absolute Gasteiger partial charge is 0.488 e. The molecule has 3 heterocycles. The van der Waals surface area contributed by atoms with Crippen LogP contribution in [0.2, 0.25) is 0 Å². The number of nitrogens with zero attached hydrogens (tertiary/aromatic N) is 3. The second kappa shape index (κ2) is 6.41. The maximum Gasteiger partial charge on any atom is 0.204 e. The van der Waals surface area contributed by atoms with Crippen molar-refractivity contribution in [3.63, 3.8) is 0 Å². The highest BCUT2D eigenvalue weighted by Crippen LogP contribution is 2.45. The molecule has 5 rings (SSSR count). The molecule has 6 nitrogen and oxygen atoms in total. The van der Waals surface area contributed by atoms with E-state index in [2.05, 4.69) is 52.3 Å². The Bertz CT molecular complexity index is 1140. The molecule has 28 heavy (non-hydrogen) atoms. The molecule has 1 atom stereocenters. The van der Waals surface area contributed by atoms with Crippen LogP contribution < -0.4 is 10.1 Å². The van der Waals surface area contributed by atoms with E-state index in [0.717, 1.165) is 51.9 Å². The second-order valence-corrected chi connectivity index (χ2v) is 7.08. The standard InChI is InChI=1S/C22H22N4O2/c1-4-23-22-24-17-11-10-16(19-13(2)25-28-14(19)3)21-20(17)26(22)18(12-27-21)15-8-6-5-7-9-15/h5-11,18H,4,12H2,1-3H3,(H,23,24). The molecule has 1 N–H and O–H groups in total. The first-order valence-corrected chi connectivity index (χ1v) is 9.58. The van der Waals surface area contributed by atoms with Gasteiger partial charge < -0.3 is 14.6 Å². The zero-order valence-corrected chi connectivity index (χ0v) is 16.2. The SMILES string of the molecule is CCNc1nc2ccc(-c3c(C)noc3C)c3c2n1C(c1ccccc1)CO3. The Morgan fingerprint density at radius 1 is 1.14 bits per heavy atom. The first-order valence-electron chi connectivity index (χ1n) is 9.58. The molecule has 0 fully saturated rings. The molecule has 6 heteroatoms. The molecule has 2 aromatic heterocycles. The van der Waals surface area contributed by atoms with Crippen LogP contribution in [0.1, 0.15) is 30.0 Å². The van der Waals surface area contributed by atoms with Gasteiger partial charge in [0.2, 0.25) is 5.95 Å². The monoisotopic (exact) mass is 374 g/mol. The number of ether oxygens (including phenoxy) is 1. The van der Waals surface area contributed by atoms with Crippen molar-refractivity contribution in [2.75, 3.05) is 18.5 Å². The van der Waals surface area contributed by atoms with Gasteiger partial charge >= 0.3 is 0 Å². The fourth-order valence-corrected chi connectivity index (χ4v) is 4.11. The summed E-state index contributed by atoms with van der Waals surface area (Å²) in [5.74, 6) is 2.50. The van der Waals surface area contributed by atoms with Crippen LogP contribution in [0.25, 0.3) is 22.2 Å². The number of hydrogen-bond acceptors (Lipinski definition) is 5. The molecule has 2 aromatic carbocycles. The molecule has 0 saturated carbocycles. The lowest BCUT2D eigenvalue weighted by Gasteiger charge is -2.28. The first kappa shape index (κ1) is 16.9. The molecule has 0 aliphatic carbocycles. The third kappa shape index (κ3) is 2.41. The summed E-state index contributed by atoms with van der Waals surface area (Å²) in [4.78, 5) is 4.85. The smallest absolute Gasteiger partial charge is 0.204 e. The fraction of sp³-hybridized carbons (Fsp3) is 0.273. The summed E-state index contributed by atoms with van der Waals surface area (Å²) < 4.78 is 14.0. The Labute approximate surface area is 163 Å². The van der Waals surface area contributed by atoms with Gasteiger partial charge in [0, 0.05) is 12.1 Å². The average molecular weight is 374 g/mol. The van der Waals surface area contributed by atoms with Gasteiger partial charge in [0.15, 0.2) is 5.75 Å². The topological polar surface area (TPSA) is 65.1 Å². The number of rotatable bonds is 4. The normalized spacial score (nSPS) is 15.6. The van der Waals surface area contributed by atoms with Crippen molar-refractivity contribution in [3.05, 3.63) is 59.5 Å². The minimum Gasteiger partial charge on any atom is -0.488 e. The van der Waals surface area contributed by atoms with Crippen LogP contribution in [-0.4, -0.2) is 27.9 Å². The highest BCUT2D eigenvalue weighted by molar-refractivity contribution is 5.94. The van der Waals surface area contributed by atoms with Gasteiger partial charge in [-0.25, -0.2) is 4.98 Å². The van der Waals surface area contributed by atoms with Gasteiger partial charge in [0.05, 0.1) is 22.8 Å². The third-order valence-electron chi connectivity index (χ3n) is 5.32. The van der Waals surface area contributed by atoms with E-state index in [1.807, 2.05) is 26.0 Å². The Kier molecular flexibility index (Phi) is 3.86. The van der Waals surface area contributed by atoms with Crippen LogP contribution >= 0.6 is 0 Å². The summed E-state index contributed by atoms with van der Waals surface area (Å²) in [7, 11) is 0. The lowest BCUT2D eigenvalue weighted by atomic mass is 10.00. The Morgan fingerprint density at radius 3 is 2.68 bits per heavy atom. The number of hydrogen-bond donors (Lipinski definition) is 1. The molecule has 1 aliphatic rings. The van der Waals surface area contributed by atoms with Crippen LogP contribution in [-0.2, 0) is 0 Å². The van der Waals surface area contributed by atoms with Gasteiger partial charge in [-0.1, -0.05) is 35.5 Å². The zero-order valence-electron chi connectivity index (χ0n) is 16.2. The van der Waals surface area contributed by atoms with E-state index < -0.39 is 0 Å². The van der Waals surface area contributed by atoms with Crippen molar-refractivity contribution in [2.24, 2.45) is 0 Å². The van der Waals surface area contributed by atoms with Crippen LogP contribution in [0.4, 0.5) is 5.95 Å². The van der Waals surface area contributed by atoms with Crippen LogP contribution in [0.3, 0.4) is 0 Å². The molecule has 0 amide bonds. The van der Waals surface area contributed by atoms with Gasteiger partial charge in [-0.3, -0.25) is 4.57 Å². The molecular formula is C22H22N4O2. The van der Waals surface area contributed by atoms with Crippen LogP contribution in [0.5, 0.6) is 5.75 Å². The lowest BCUT2D eigenvalue weighted by Crippen LogP contribution is -2.24. The minimum atomic E-state index is 0.0627. The van der Waals surface area contributed by atoms with E-state index in [4.69, 9.17) is 14.2 Å². The first-order chi connectivity index (χ1) is 13.7. The lowest BCUT2D eigenvalue weighted by molar-refractivity contribution is 0.261. The van der Waals surface area contributed by atoms with E-state index >= 15 is 0 Å². The van der Waals surface area contributed by atoms with Crippen molar-refractivity contribution in [1.29, 1.82) is 0 Å². The zero-order chi connectivity index (χ0) is 19.3. The number of imidazole rings is 1. The average Bonchev–Trinajstić information content (AvgIpc) is 3.25. The molecule has 1 unspecified atom stereocenters. The van der Waals surface area contributed by atoms with Gasteiger partial charge in [0.25, 0.3) is 0 Å². The van der Waals surface area contributed by atoms with E-state index in [-0.39, 0.29) is 6.04 Å². The van der Waals surface area contributed by atoms with Crippen LogP contribution in [0, 0.1) is 13.8 Å². The van der Waals surface area contributed by atoms with E-state index in [1.165, 1.54) is 5.56 Å². The minimum absolute atomic E-state index is 0.0627. The molecule has 0 saturated heterocycles. The Balaban J connectivity index is 1.79. The quantitative estimate of drug-likeness (QED) is 0.560. The maximum atomic E-state index is 6.36.